The van der Waals surface area contributed by atoms with Crippen LogP contribution in [-0.2, 0) is 0 Å². The summed E-state index contributed by atoms with van der Waals surface area (Å²) in [5, 5.41) is 7.50. The number of rotatable bonds is 4. The van der Waals surface area contributed by atoms with Crippen molar-refractivity contribution in [3.63, 3.8) is 0 Å². The molecule has 238 valence electrons. The normalized spacial score (nSPS) is 11.9. The molecule has 0 spiro atoms. The molecule has 0 fully saturated rings. The molecular weight excluding hydrogens is 619 g/mol. The van der Waals surface area contributed by atoms with Crippen molar-refractivity contribution in [2.75, 3.05) is 0 Å². The first kappa shape index (κ1) is 28.0. The van der Waals surface area contributed by atoms with Crippen LogP contribution in [0.15, 0.2) is 188 Å². The Labute approximate surface area is 294 Å². The second-order valence-corrected chi connectivity index (χ2v) is 13.3. The molecule has 3 heteroatoms. The summed E-state index contributed by atoms with van der Waals surface area (Å²) in [6, 6.07) is 68.3. The van der Waals surface area contributed by atoms with Gasteiger partial charge in [0.2, 0.25) is 0 Å². The van der Waals surface area contributed by atoms with Gasteiger partial charge in [-0.05, 0) is 71.8 Å². The van der Waals surface area contributed by atoms with Gasteiger partial charge in [-0.3, -0.25) is 0 Å². The summed E-state index contributed by atoms with van der Waals surface area (Å²) in [6.07, 6.45) is 0. The molecule has 51 heavy (non-hydrogen) atoms. The Bertz CT molecular complexity index is 3110. The van der Waals surface area contributed by atoms with E-state index in [1.807, 2.05) is 0 Å². The van der Waals surface area contributed by atoms with Crippen molar-refractivity contribution in [3.05, 3.63) is 188 Å². The Morgan fingerprint density at radius 1 is 0.255 bits per heavy atom. The predicted octanol–water partition coefficient (Wildman–Crippen LogP) is 12.6. The fourth-order valence-corrected chi connectivity index (χ4v) is 8.51. The third-order valence-corrected chi connectivity index (χ3v) is 10.6. The molecule has 11 rings (SSSR count). The predicted molar refractivity (Wildman–Crippen MR) is 215 cm³/mol. The molecule has 0 aliphatic carbocycles. The minimum atomic E-state index is 1.15. The van der Waals surface area contributed by atoms with Crippen LogP contribution in [0, 0.1) is 0 Å². The Hall–Kier alpha value is -6.84. The van der Waals surface area contributed by atoms with E-state index in [-0.39, 0.29) is 0 Å². The number of para-hydroxylation sites is 4. The monoisotopic (exact) mass is 649 g/mol. The lowest BCUT2D eigenvalue weighted by Crippen LogP contribution is -1.97. The van der Waals surface area contributed by atoms with Crippen LogP contribution in [0.2, 0.25) is 0 Å². The van der Waals surface area contributed by atoms with Crippen LogP contribution in [0.25, 0.3) is 93.6 Å². The average Bonchev–Trinajstić information content (AvgIpc) is 3.84. The molecule has 0 saturated carbocycles. The molecular formula is C48H31N3. The van der Waals surface area contributed by atoms with Crippen molar-refractivity contribution >= 4 is 65.4 Å². The highest BCUT2D eigenvalue weighted by atomic mass is 15.0. The van der Waals surface area contributed by atoms with E-state index in [9.17, 15) is 0 Å². The first-order chi connectivity index (χ1) is 25.3. The summed E-state index contributed by atoms with van der Waals surface area (Å²) in [4.78, 5) is 0. The van der Waals surface area contributed by atoms with Crippen molar-refractivity contribution in [2.45, 2.75) is 0 Å². The quantitative estimate of drug-likeness (QED) is 0.180. The molecule has 0 N–H and O–H groups in total. The van der Waals surface area contributed by atoms with Gasteiger partial charge in [0.15, 0.2) is 0 Å². The molecule has 0 bridgehead atoms. The summed E-state index contributed by atoms with van der Waals surface area (Å²) < 4.78 is 7.37. The van der Waals surface area contributed by atoms with E-state index < -0.39 is 0 Å². The average molecular weight is 650 g/mol. The number of benzene rings is 8. The first-order valence-electron chi connectivity index (χ1n) is 17.5. The number of aromatic nitrogens is 3. The summed E-state index contributed by atoms with van der Waals surface area (Å²) in [5.74, 6) is 0. The highest BCUT2D eigenvalue weighted by molar-refractivity contribution is 6.27. The fraction of sp³-hybridized carbons (Fsp3) is 0. The molecule has 0 radical (unpaired) electrons. The second kappa shape index (κ2) is 10.8. The van der Waals surface area contributed by atoms with E-state index in [0.717, 1.165) is 11.4 Å². The van der Waals surface area contributed by atoms with Crippen LogP contribution in [0.1, 0.15) is 0 Å². The summed E-state index contributed by atoms with van der Waals surface area (Å²) in [7, 11) is 0. The topological polar surface area (TPSA) is 14.8 Å². The van der Waals surface area contributed by atoms with E-state index in [1.54, 1.807) is 0 Å². The van der Waals surface area contributed by atoms with E-state index in [1.165, 1.54) is 82.2 Å². The standard InChI is InChI=1S/C48H31N3/c1-3-14-32(15-4-1)33-26-28-35(29-27-33)50-40-21-10-7-18-36(40)37-30-31-45-47(48(37)50)39-20-9-12-23-42(39)51(45)44-25-13-24-43-46(44)38-19-8-11-22-41(38)49(43)34-16-5-2-6-17-34/h1-31H. The smallest absolute Gasteiger partial charge is 0.0641 e. The molecule has 0 unspecified atom stereocenters. The molecule has 0 aliphatic rings. The molecule has 3 aromatic heterocycles. The third kappa shape index (κ3) is 4.00. The Morgan fingerprint density at radius 2 is 0.765 bits per heavy atom. The Kier molecular flexibility index (Phi) is 5.96. The summed E-state index contributed by atoms with van der Waals surface area (Å²) in [6.45, 7) is 0. The lowest BCUT2D eigenvalue weighted by atomic mass is 10.1. The van der Waals surface area contributed by atoms with Crippen LogP contribution in [-0.4, -0.2) is 13.7 Å². The molecule has 0 saturated heterocycles. The number of nitrogens with zero attached hydrogens (tertiary/aromatic N) is 3. The number of fused-ring (bicyclic) bond motifs is 10. The maximum Gasteiger partial charge on any atom is 0.0641 e. The Morgan fingerprint density at radius 3 is 1.49 bits per heavy atom. The largest absolute Gasteiger partial charge is 0.309 e. The van der Waals surface area contributed by atoms with Crippen LogP contribution >= 0.6 is 0 Å². The zero-order valence-corrected chi connectivity index (χ0v) is 27.7. The van der Waals surface area contributed by atoms with E-state index >= 15 is 0 Å². The second-order valence-electron chi connectivity index (χ2n) is 13.3. The lowest BCUT2D eigenvalue weighted by Gasteiger charge is -2.12. The molecule has 0 atom stereocenters. The highest BCUT2D eigenvalue weighted by Gasteiger charge is 2.23. The fourth-order valence-electron chi connectivity index (χ4n) is 8.51. The van der Waals surface area contributed by atoms with Crippen molar-refractivity contribution in [1.82, 2.24) is 13.7 Å². The van der Waals surface area contributed by atoms with Crippen molar-refractivity contribution in [3.8, 4) is 28.2 Å². The van der Waals surface area contributed by atoms with Crippen LogP contribution in [0.4, 0.5) is 0 Å². The molecule has 0 amide bonds. The molecule has 11 aromatic rings. The molecule has 3 nitrogen and oxygen atoms in total. The van der Waals surface area contributed by atoms with Crippen LogP contribution < -0.4 is 0 Å². The molecule has 0 aliphatic heterocycles. The van der Waals surface area contributed by atoms with Gasteiger partial charge >= 0.3 is 0 Å². The van der Waals surface area contributed by atoms with Gasteiger partial charge in [-0.1, -0.05) is 127 Å². The minimum Gasteiger partial charge on any atom is -0.309 e. The van der Waals surface area contributed by atoms with E-state index in [0.29, 0.717) is 0 Å². The van der Waals surface area contributed by atoms with Gasteiger partial charge in [0, 0.05) is 43.7 Å². The lowest BCUT2D eigenvalue weighted by molar-refractivity contribution is 1.17. The number of hydrogen-bond acceptors (Lipinski definition) is 0. The van der Waals surface area contributed by atoms with Gasteiger partial charge in [0.05, 0.1) is 38.8 Å². The zero-order chi connectivity index (χ0) is 33.5. The van der Waals surface area contributed by atoms with Crippen molar-refractivity contribution in [1.29, 1.82) is 0 Å². The van der Waals surface area contributed by atoms with Gasteiger partial charge in [-0.2, -0.15) is 0 Å². The molecule has 8 aromatic carbocycles. The van der Waals surface area contributed by atoms with Gasteiger partial charge in [-0.25, -0.2) is 0 Å². The first-order valence-corrected chi connectivity index (χ1v) is 17.5. The van der Waals surface area contributed by atoms with Gasteiger partial charge in [-0.15, -0.1) is 0 Å². The van der Waals surface area contributed by atoms with Gasteiger partial charge < -0.3 is 13.7 Å². The highest BCUT2D eigenvalue weighted by Crippen LogP contribution is 2.44. The third-order valence-electron chi connectivity index (χ3n) is 10.6. The van der Waals surface area contributed by atoms with Crippen molar-refractivity contribution in [2.24, 2.45) is 0 Å². The SMILES string of the molecule is c1ccc(-c2ccc(-n3c4ccccc4c4ccc5c(c6ccccc6n5-c5cccc6c5c5ccccc5n6-c5ccccc5)c43)cc2)cc1. The maximum absolute atomic E-state index is 2.49. The summed E-state index contributed by atoms with van der Waals surface area (Å²) in [5.41, 5.74) is 13.1. The Balaban J connectivity index is 1.26. The minimum absolute atomic E-state index is 1.15. The van der Waals surface area contributed by atoms with Gasteiger partial charge in [0.1, 0.15) is 0 Å². The van der Waals surface area contributed by atoms with Crippen molar-refractivity contribution < 1.29 is 0 Å². The van der Waals surface area contributed by atoms with Crippen LogP contribution in [0.5, 0.6) is 0 Å². The maximum atomic E-state index is 2.49. The molecule has 3 heterocycles. The zero-order valence-electron chi connectivity index (χ0n) is 27.7. The van der Waals surface area contributed by atoms with Gasteiger partial charge in [0.25, 0.3) is 0 Å². The summed E-state index contributed by atoms with van der Waals surface area (Å²) >= 11 is 0. The van der Waals surface area contributed by atoms with E-state index in [4.69, 9.17) is 0 Å². The van der Waals surface area contributed by atoms with E-state index in [2.05, 4.69) is 202 Å². The number of hydrogen-bond donors (Lipinski definition) is 0. The van der Waals surface area contributed by atoms with Crippen LogP contribution in [0.3, 0.4) is 0 Å².